The van der Waals surface area contributed by atoms with Gasteiger partial charge in [-0.15, -0.1) is 0 Å². The van der Waals surface area contributed by atoms with Crippen LogP contribution in [0.4, 0.5) is 16.2 Å². The molecule has 1 heterocycles. The van der Waals surface area contributed by atoms with Gasteiger partial charge in [-0.3, -0.25) is 4.79 Å². The number of piperazine rings is 1. The van der Waals surface area contributed by atoms with Crippen LogP contribution in [-0.2, 0) is 14.8 Å². The van der Waals surface area contributed by atoms with Crippen molar-refractivity contribution in [3.8, 4) is 0 Å². The Balaban J connectivity index is 1.62. The zero-order valence-corrected chi connectivity index (χ0v) is 21.1. The Bertz CT molecular complexity index is 1120. The van der Waals surface area contributed by atoms with Crippen molar-refractivity contribution in [2.45, 2.75) is 24.8 Å². The molecule has 2 aromatic rings. The number of benzene rings is 2. The molecule has 2 aromatic carbocycles. The lowest BCUT2D eigenvalue weighted by Gasteiger charge is -2.36. The Morgan fingerprint density at radius 1 is 1.06 bits per heavy atom. The normalized spacial score (nSPS) is 14.4. The minimum absolute atomic E-state index is 0.0757. The number of anilines is 2. The lowest BCUT2D eigenvalue weighted by Crippen LogP contribution is -2.52. The molecule has 0 aliphatic carbocycles. The van der Waals surface area contributed by atoms with Crippen molar-refractivity contribution in [2.24, 2.45) is 0 Å². The summed E-state index contributed by atoms with van der Waals surface area (Å²) in [5.74, 6) is -0.503. The molecular weight excluding hydrogens is 478 g/mol. The molecule has 0 unspecified atom stereocenters. The standard InChI is InChI=1S/C23H30ClN5O4S/c1-17(2)25-23(31)29-13-11-28(12-14-29)18-9-10-20(24)21(15-18)26-22(30)16-27(3)34(32,33)19-7-5-4-6-8-19/h4-10,15,17H,11-14,16H2,1-3H3,(H,25,31)(H,26,30). The molecule has 1 aliphatic heterocycles. The fourth-order valence-electron chi connectivity index (χ4n) is 3.56. The van der Waals surface area contributed by atoms with Crippen LogP contribution in [-0.4, -0.2) is 75.4 Å². The van der Waals surface area contributed by atoms with Crippen LogP contribution in [0.3, 0.4) is 0 Å². The minimum atomic E-state index is -3.79. The number of carbonyl (C=O) groups is 2. The number of halogens is 1. The van der Waals surface area contributed by atoms with Crippen molar-refractivity contribution in [3.63, 3.8) is 0 Å². The predicted molar refractivity (Wildman–Crippen MR) is 134 cm³/mol. The van der Waals surface area contributed by atoms with Gasteiger partial charge in [-0.25, -0.2) is 13.2 Å². The molecule has 1 aliphatic rings. The summed E-state index contributed by atoms with van der Waals surface area (Å²) < 4.78 is 26.3. The summed E-state index contributed by atoms with van der Waals surface area (Å²) in [7, 11) is -2.43. The van der Waals surface area contributed by atoms with Crippen molar-refractivity contribution >= 4 is 44.9 Å². The van der Waals surface area contributed by atoms with Gasteiger partial charge in [0.15, 0.2) is 0 Å². The van der Waals surface area contributed by atoms with Gasteiger partial charge in [0, 0.05) is 45.0 Å². The minimum Gasteiger partial charge on any atom is -0.368 e. The lowest BCUT2D eigenvalue weighted by atomic mass is 10.2. The highest BCUT2D eigenvalue weighted by Crippen LogP contribution is 2.28. The van der Waals surface area contributed by atoms with Gasteiger partial charge >= 0.3 is 6.03 Å². The number of urea groups is 1. The summed E-state index contributed by atoms with van der Waals surface area (Å²) in [5.41, 5.74) is 1.25. The second-order valence-electron chi connectivity index (χ2n) is 8.36. The van der Waals surface area contributed by atoms with Crippen molar-refractivity contribution in [1.29, 1.82) is 0 Å². The van der Waals surface area contributed by atoms with E-state index in [9.17, 15) is 18.0 Å². The Kier molecular flexibility index (Phi) is 8.40. The van der Waals surface area contributed by atoms with E-state index in [-0.39, 0.29) is 23.5 Å². The summed E-state index contributed by atoms with van der Waals surface area (Å²) >= 11 is 6.29. The highest BCUT2D eigenvalue weighted by atomic mass is 35.5. The van der Waals surface area contributed by atoms with Gasteiger partial charge in [0.25, 0.3) is 0 Å². The Morgan fingerprint density at radius 3 is 2.32 bits per heavy atom. The molecule has 184 valence electrons. The monoisotopic (exact) mass is 507 g/mol. The molecule has 11 heteroatoms. The molecule has 0 bridgehead atoms. The van der Waals surface area contributed by atoms with Crippen LogP contribution in [0.5, 0.6) is 0 Å². The number of sulfonamides is 1. The number of nitrogens with zero attached hydrogens (tertiary/aromatic N) is 3. The van der Waals surface area contributed by atoms with Gasteiger partial charge in [-0.05, 0) is 44.2 Å². The highest BCUT2D eigenvalue weighted by Gasteiger charge is 2.24. The molecule has 3 amide bonds. The van der Waals surface area contributed by atoms with E-state index in [2.05, 4.69) is 15.5 Å². The summed E-state index contributed by atoms with van der Waals surface area (Å²) in [5, 5.41) is 5.96. The Hall–Kier alpha value is -2.82. The van der Waals surface area contributed by atoms with Gasteiger partial charge in [0.05, 0.1) is 22.2 Å². The Labute approximate surface area is 205 Å². The smallest absolute Gasteiger partial charge is 0.317 e. The van der Waals surface area contributed by atoms with Gasteiger partial charge in [-0.1, -0.05) is 29.8 Å². The van der Waals surface area contributed by atoms with Crippen molar-refractivity contribution in [3.05, 3.63) is 53.6 Å². The van der Waals surface area contributed by atoms with Crippen molar-refractivity contribution in [1.82, 2.24) is 14.5 Å². The maximum absolute atomic E-state index is 12.7. The fraction of sp³-hybridized carbons (Fsp3) is 0.391. The molecule has 0 aromatic heterocycles. The highest BCUT2D eigenvalue weighted by molar-refractivity contribution is 7.89. The average molecular weight is 508 g/mol. The van der Waals surface area contributed by atoms with E-state index < -0.39 is 15.9 Å². The fourth-order valence-corrected chi connectivity index (χ4v) is 4.87. The number of hydrogen-bond donors (Lipinski definition) is 2. The first kappa shape index (κ1) is 25.8. The number of carbonyl (C=O) groups excluding carboxylic acids is 2. The number of hydrogen-bond acceptors (Lipinski definition) is 5. The topological polar surface area (TPSA) is 102 Å². The van der Waals surface area contributed by atoms with Crippen LogP contribution < -0.4 is 15.5 Å². The zero-order chi connectivity index (χ0) is 24.9. The molecule has 0 saturated carbocycles. The van der Waals surface area contributed by atoms with Crippen LogP contribution in [0, 0.1) is 0 Å². The van der Waals surface area contributed by atoms with Gasteiger partial charge < -0.3 is 20.4 Å². The van der Waals surface area contributed by atoms with Crippen LogP contribution in [0.25, 0.3) is 0 Å². The second kappa shape index (κ2) is 11.1. The first-order valence-corrected chi connectivity index (χ1v) is 12.8. The van der Waals surface area contributed by atoms with Crippen LogP contribution in [0.2, 0.25) is 5.02 Å². The summed E-state index contributed by atoms with van der Waals surface area (Å²) in [4.78, 5) is 28.8. The van der Waals surface area contributed by atoms with E-state index in [1.165, 1.54) is 19.2 Å². The molecule has 0 radical (unpaired) electrons. The molecule has 9 nitrogen and oxygen atoms in total. The third kappa shape index (κ3) is 6.40. The van der Waals surface area contributed by atoms with Crippen LogP contribution in [0.15, 0.2) is 53.4 Å². The summed E-state index contributed by atoms with van der Waals surface area (Å²) in [6.45, 7) is 5.91. The first-order valence-electron chi connectivity index (χ1n) is 11.0. The zero-order valence-electron chi connectivity index (χ0n) is 19.5. The molecule has 1 saturated heterocycles. The number of nitrogens with one attached hydrogen (secondary N) is 2. The van der Waals surface area contributed by atoms with E-state index >= 15 is 0 Å². The van der Waals surface area contributed by atoms with Crippen molar-refractivity contribution < 1.29 is 18.0 Å². The maximum atomic E-state index is 12.7. The van der Waals surface area contributed by atoms with Crippen LogP contribution >= 0.6 is 11.6 Å². The summed E-state index contributed by atoms with van der Waals surface area (Å²) in [6, 6.07) is 13.2. The predicted octanol–water partition coefficient (Wildman–Crippen LogP) is 2.84. The average Bonchev–Trinajstić information content (AvgIpc) is 2.80. The SMILES string of the molecule is CC(C)NC(=O)N1CCN(c2ccc(Cl)c(NC(=O)CN(C)S(=O)(=O)c3ccccc3)c2)CC1. The molecule has 0 spiro atoms. The van der Waals surface area contributed by atoms with Crippen LogP contribution in [0.1, 0.15) is 13.8 Å². The largest absolute Gasteiger partial charge is 0.368 e. The number of rotatable bonds is 7. The van der Waals surface area contributed by atoms with E-state index in [0.717, 1.165) is 9.99 Å². The van der Waals surface area contributed by atoms with Gasteiger partial charge in [-0.2, -0.15) is 4.31 Å². The molecule has 3 rings (SSSR count). The maximum Gasteiger partial charge on any atom is 0.317 e. The molecular formula is C23H30ClN5O4S. The van der Waals surface area contributed by atoms with E-state index in [1.807, 2.05) is 19.9 Å². The number of amides is 3. The van der Waals surface area contributed by atoms with E-state index in [4.69, 9.17) is 11.6 Å². The second-order valence-corrected chi connectivity index (χ2v) is 10.8. The molecule has 1 fully saturated rings. The number of likely N-dealkylation sites (N-methyl/N-ethyl adjacent to an activating group) is 1. The first-order chi connectivity index (χ1) is 16.1. The quantitative estimate of drug-likeness (QED) is 0.600. The van der Waals surface area contributed by atoms with E-state index in [0.29, 0.717) is 36.9 Å². The third-order valence-corrected chi connectivity index (χ3v) is 7.53. The molecule has 0 atom stereocenters. The van der Waals surface area contributed by atoms with Crippen molar-refractivity contribution in [2.75, 3.05) is 50.0 Å². The lowest BCUT2D eigenvalue weighted by molar-refractivity contribution is -0.116. The van der Waals surface area contributed by atoms with Gasteiger partial charge in [0.2, 0.25) is 15.9 Å². The van der Waals surface area contributed by atoms with Gasteiger partial charge in [0.1, 0.15) is 0 Å². The molecule has 34 heavy (non-hydrogen) atoms. The third-order valence-electron chi connectivity index (χ3n) is 5.39. The Morgan fingerprint density at radius 2 is 1.71 bits per heavy atom. The van der Waals surface area contributed by atoms with E-state index in [1.54, 1.807) is 35.2 Å². The molecule has 2 N–H and O–H groups in total. The summed E-state index contributed by atoms with van der Waals surface area (Å²) in [6.07, 6.45) is 0.